The van der Waals surface area contributed by atoms with E-state index in [0.29, 0.717) is 29.9 Å². The van der Waals surface area contributed by atoms with Crippen LogP contribution in [0.5, 0.6) is 17.4 Å². The maximum Gasteiger partial charge on any atom is 0.305 e. The number of nitrogens with zero attached hydrogens (tertiary/aromatic N) is 1. The molecule has 0 amide bonds. The fourth-order valence-corrected chi connectivity index (χ4v) is 1.57. The van der Waals surface area contributed by atoms with Crippen molar-refractivity contribution >= 4 is 0 Å². The van der Waals surface area contributed by atoms with Gasteiger partial charge in [0.25, 0.3) is 0 Å². The third-order valence-corrected chi connectivity index (χ3v) is 2.41. The van der Waals surface area contributed by atoms with Gasteiger partial charge >= 0.3 is 5.95 Å². The molecule has 1 heterocycles. The normalized spacial score (nSPS) is 10.2. The lowest BCUT2D eigenvalue weighted by Crippen LogP contribution is -1.90. The van der Waals surface area contributed by atoms with Gasteiger partial charge in [-0.2, -0.15) is 0 Å². The Morgan fingerprint density at radius 3 is 2.72 bits per heavy atom. The van der Waals surface area contributed by atoms with Crippen LogP contribution in [0, 0.1) is 0 Å². The lowest BCUT2D eigenvalue weighted by molar-refractivity contribution is 0.260. The number of hydrogen-bond acceptors (Lipinski definition) is 5. The Morgan fingerprint density at radius 2 is 2.06 bits per heavy atom. The summed E-state index contributed by atoms with van der Waals surface area (Å²) in [4.78, 5) is 4.16. The molecule has 0 aliphatic carbocycles. The summed E-state index contributed by atoms with van der Waals surface area (Å²) in [5.41, 5.74) is 0.725. The Hall–Kier alpha value is -2.17. The minimum absolute atomic E-state index is 0.386. The van der Waals surface area contributed by atoms with Crippen molar-refractivity contribution in [1.29, 1.82) is 0 Å². The first-order chi connectivity index (χ1) is 8.78. The highest BCUT2D eigenvalue weighted by Crippen LogP contribution is 2.34. The predicted molar refractivity (Wildman–Crippen MR) is 66.2 cm³/mol. The van der Waals surface area contributed by atoms with Crippen molar-refractivity contribution in [2.24, 2.45) is 0 Å². The second-order valence-electron chi connectivity index (χ2n) is 3.48. The maximum absolute atomic E-state index is 5.48. The Morgan fingerprint density at radius 1 is 1.22 bits per heavy atom. The van der Waals surface area contributed by atoms with Crippen molar-refractivity contribution in [2.45, 2.75) is 6.92 Å². The van der Waals surface area contributed by atoms with Gasteiger partial charge in [-0.1, -0.05) is 0 Å². The van der Waals surface area contributed by atoms with E-state index in [9.17, 15) is 0 Å². The number of benzene rings is 1. The van der Waals surface area contributed by atoms with Crippen molar-refractivity contribution in [2.75, 3.05) is 20.8 Å². The molecule has 0 N–H and O–H groups in total. The Bertz CT molecular complexity index is 521. The number of hydrogen-bond donors (Lipinski definition) is 0. The van der Waals surface area contributed by atoms with Crippen LogP contribution in [0.3, 0.4) is 0 Å². The molecule has 0 spiro atoms. The van der Waals surface area contributed by atoms with Crippen molar-refractivity contribution in [3.05, 3.63) is 24.4 Å². The van der Waals surface area contributed by atoms with Gasteiger partial charge in [-0.05, 0) is 25.1 Å². The summed E-state index contributed by atoms with van der Waals surface area (Å²) in [6.45, 7) is 2.41. The van der Waals surface area contributed by atoms with E-state index in [1.807, 2.05) is 13.0 Å². The molecule has 1 aromatic carbocycles. The monoisotopic (exact) mass is 249 g/mol. The molecule has 0 bridgehead atoms. The second-order valence-corrected chi connectivity index (χ2v) is 3.48. The third kappa shape index (κ3) is 2.40. The van der Waals surface area contributed by atoms with Crippen molar-refractivity contribution < 1.29 is 18.6 Å². The highest BCUT2D eigenvalue weighted by Gasteiger charge is 2.13. The molecule has 0 fully saturated rings. The summed E-state index contributed by atoms with van der Waals surface area (Å²) in [6, 6.07) is 5.42. The summed E-state index contributed by atoms with van der Waals surface area (Å²) in [7, 11) is 3.20. The Kier molecular flexibility index (Phi) is 3.72. The molecule has 18 heavy (non-hydrogen) atoms. The first kappa shape index (κ1) is 12.3. The zero-order chi connectivity index (χ0) is 13.0. The molecule has 5 heteroatoms. The minimum atomic E-state index is 0.386. The molecule has 0 saturated carbocycles. The number of rotatable bonds is 5. The van der Waals surface area contributed by atoms with E-state index in [0.717, 1.165) is 5.56 Å². The van der Waals surface area contributed by atoms with Crippen LogP contribution in [0.4, 0.5) is 0 Å². The summed E-state index contributed by atoms with van der Waals surface area (Å²) in [6.07, 6.45) is 1.54. The second kappa shape index (κ2) is 5.44. The maximum atomic E-state index is 5.48. The molecular weight excluding hydrogens is 234 g/mol. The lowest BCUT2D eigenvalue weighted by Gasteiger charge is -2.07. The predicted octanol–water partition coefficient (Wildman–Crippen LogP) is 2.76. The summed E-state index contributed by atoms with van der Waals surface area (Å²) in [5, 5.41) is 0. The highest BCUT2D eigenvalue weighted by atomic mass is 16.6. The molecule has 2 aromatic rings. The third-order valence-electron chi connectivity index (χ3n) is 2.41. The first-order valence-electron chi connectivity index (χ1n) is 5.59. The molecule has 0 radical (unpaired) electrons. The molecule has 96 valence electrons. The number of aromatic nitrogens is 1. The topological polar surface area (TPSA) is 53.7 Å². The van der Waals surface area contributed by atoms with Gasteiger partial charge in [-0.3, -0.25) is 0 Å². The Balaban J connectivity index is 2.40. The average Bonchev–Trinajstić information content (AvgIpc) is 2.87. The van der Waals surface area contributed by atoms with Crippen LogP contribution in [0.1, 0.15) is 6.92 Å². The van der Waals surface area contributed by atoms with Crippen LogP contribution in [0.15, 0.2) is 28.8 Å². The van der Waals surface area contributed by atoms with Gasteiger partial charge in [0, 0.05) is 0 Å². The zero-order valence-corrected chi connectivity index (χ0v) is 10.6. The van der Waals surface area contributed by atoms with Gasteiger partial charge in [-0.25, -0.2) is 4.98 Å². The summed E-state index contributed by atoms with van der Waals surface area (Å²) >= 11 is 0. The summed E-state index contributed by atoms with van der Waals surface area (Å²) in [5.74, 6) is 2.20. The van der Waals surface area contributed by atoms with Crippen molar-refractivity contribution in [3.63, 3.8) is 0 Å². The van der Waals surface area contributed by atoms with Crippen molar-refractivity contribution in [3.8, 4) is 28.9 Å². The lowest BCUT2D eigenvalue weighted by atomic mass is 10.2. The van der Waals surface area contributed by atoms with E-state index in [2.05, 4.69) is 4.98 Å². The largest absolute Gasteiger partial charge is 0.497 e. The molecule has 2 rings (SSSR count). The SMILES string of the molecule is CCOc1cnc(-c2cc(OC)ccc2OC)o1. The molecule has 0 aliphatic rings. The van der Waals surface area contributed by atoms with Gasteiger partial charge in [0.15, 0.2) is 0 Å². The molecule has 5 nitrogen and oxygen atoms in total. The van der Waals surface area contributed by atoms with Gasteiger partial charge in [-0.15, -0.1) is 0 Å². The fraction of sp³-hybridized carbons (Fsp3) is 0.308. The molecule has 0 unspecified atom stereocenters. The van der Waals surface area contributed by atoms with Crippen LogP contribution in [-0.2, 0) is 0 Å². The minimum Gasteiger partial charge on any atom is -0.497 e. The van der Waals surface area contributed by atoms with Crippen LogP contribution < -0.4 is 14.2 Å². The average molecular weight is 249 g/mol. The van der Waals surface area contributed by atoms with Gasteiger partial charge in [0.05, 0.1) is 26.4 Å². The molecule has 1 aromatic heterocycles. The van der Waals surface area contributed by atoms with Gasteiger partial charge in [0.2, 0.25) is 5.89 Å². The number of oxazole rings is 1. The van der Waals surface area contributed by atoms with Crippen LogP contribution in [0.25, 0.3) is 11.5 Å². The number of methoxy groups -OCH3 is 2. The van der Waals surface area contributed by atoms with Crippen molar-refractivity contribution in [1.82, 2.24) is 4.98 Å². The van der Waals surface area contributed by atoms with Gasteiger partial charge < -0.3 is 18.6 Å². The summed E-state index contributed by atoms with van der Waals surface area (Å²) < 4.78 is 21.2. The molecule has 0 atom stereocenters. The number of ether oxygens (including phenoxy) is 3. The van der Waals surface area contributed by atoms with E-state index < -0.39 is 0 Å². The Labute approximate surface area is 105 Å². The van der Waals surface area contributed by atoms with E-state index >= 15 is 0 Å². The van der Waals surface area contributed by atoms with E-state index in [-0.39, 0.29) is 0 Å². The molecular formula is C13H15NO4. The van der Waals surface area contributed by atoms with Crippen LogP contribution in [-0.4, -0.2) is 25.8 Å². The van der Waals surface area contributed by atoms with Gasteiger partial charge in [0.1, 0.15) is 17.7 Å². The van der Waals surface area contributed by atoms with E-state index in [1.54, 1.807) is 26.4 Å². The highest BCUT2D eigenvalue weighted by molar-refractivity contribution is 5.65. The van der Waals surface area contributed by atoms with Crippen LogP contribution >= 0.6 is 0 Å². The van der Waals surface area contributed by atoms with E-state index in [4.69, 9.17) is 18.6 Å². The van der Waals surface area contributed by atoms with Crippen LogP contribution in [0.2, 0.25) is 0 Å². The molecule has 0 aliphatic heterocycles. The standard InChI is InChI=1S/C13H15NO4/c1-4-17-12-8-14-13(18-12)10-7-9(15-2)5-6-11(10)16-3/h5-8H,4H2,1-3H3. The molecule has 0 saturated heterocycles. The smallest absolute Gasteiger partial charge is 0.305 e. The van der Waals surface area contributed by atoms with E-state index in [1.165, 1.54) is 6.20 Å². The quantitative estimate of drug-likeness (QED) is 0.815. The first-order valence-corrected chi connectivity index (χ1v) is 5.59. The zero-order valence-electron chi connectivity index (χ0n) is 10.6. The fourth-order valence-electron chi connectivity index (χ4n) is 1.57.